The van der Waals surface area contributed by atoms with Gasteiger partial charge in [-0.15, -0.1) is 0 Å². The van der Waals surface area contributed by atoms with E-state index in [1.54, 1.807) is 12.3 Å². The van der Waals surface area contributed by atoms with E-state index in [-0.39, 0.29) is 11.0 Å². The van der Waals surface area contributed by atoms with Crippen LogP contribution in [0.4, 0.5) is 0 Å². The van der Waals surface area contributed by atoms with Crippen LogP contribution in [0.2, 0.25) is 0 Å². The molecule has 6 heteroatoms. The maximum Gasteiger partial charge on any atom is 0.282 e. The molecule has 2 aromatic heterocycles. The fraction of sp³-hybridized carbons (Fsp3) is 0.320. The highest BCUT2D eigenvalue weighted by Gasteiger charge is 2.23. The van der Waals surface area contributed by atoms with Gasteiger partial charge in [0.15, 0.2) is 0 Å². The van der Waals surface area contributed by atoms with E-state index in [2.05, 4.69) is 59.5 Å². The van der Waals surface area contributed by atoms with Crippen LogP contribution in [-0.4, -0.2) is 20.4 Å². The Labute approximate surface area is 190 Å². The fourth-order valence-corrected chi connectivity index (χ4v) is 4.46. The van der Waals surface area contributed by atoms with E-state index in [9.17, 15) is 4.79 Å². The molecular weight excluding hydrogens is 452 g/mol. The third kappa shape index (κ3) is 3.74. The van der Waals surface area contributed by atoms with E-state index in [4.69, 9.17) is 10.1 Å². The normalized spacial score (nSPS) is 12.6. The average Bonchev–Trinajstić information content (AvgIpc) is 2.98. The smallest absolute Gasteiger partial charge is 0.282 e. The van der Waals surface area contributed by atoms with E-state index in [0.717, 1.165) is 21.1 Å². The van der Waals surface area contributed by atoms with Gasteiger partial charge in [-0.1, -0.05) is 54.9 Å². The maximum atomic E-state index is 13.4. The van der Waals surface area contributed by atoms with Gasteiger partial charge in [-0.05, 0) is 45.0 Å². The fourth-order valence-electron chi connectivity index (χ4n) is 4.10. The van der Waals surface area contributed by atoms with Gasteiger partial charge in [-0.3, -0.25) is 4.79 Å². The Morgan fingerprint density at radius 2 is 1.81 bits per heavy atom. The SMILES string of the molecule is Cc1c(C=Nn2c(C(C)(C)C)nc3ccc(Br)cc3c2=O)c2ccccc2n1C(C)C. The molecule has 0 bridgehead atoms. The first-order valence-electron chi connectivity index (χ1n) is 10.5. The van der Waals surface area contributed by atoms with Crippen molar-refractivity contribution in [2.24, 2.45) is 5.10 Å². The molecule has 0 amide bonds. The molecule has 0 radical (unpaired) electrons. The highest BCUT2D eigenvalue weighted by Crippen LogP contribution is 2.28. The van der Waals surface area contributed by atoms with E-state index in [1.807, 2.05) is 39.0 Å². The van der Waals surface area contributed by atoms with Crippen LogP contribution < -0.4 is 5.56 Å². The highest BCUT2D eigenvalue weighted by atomic mass is 79.9. The summed E-state index contributed by atoms with van der Waals surface area (Å²) in [6, 6.07) is 14.2. The second kappa shape index (κ2) is 7.75. The van der Waals surface area contributed by atoms with Crippen LogP contribution in [0.1, 0.15) is 57.7 Å². The molecule has 0 fully saturated rings. The van der Waals surface area contributed by atoms with Gasteiger partial charge in [0, 0.05) is 38.1 Å². The topological polar surface area (TPSA) is 52.2 Å². The summed E-state index contributed by atoms with van der Waals surface area (Å²) < 4.78 is 4.60. The Morgan fingerprint density at radius 1 is 1.10 bits per heavy atom. The average molecular weight is 479 g/mol. The minimum atomic E-state index is -0.348. The Hall–Kier alpha value is -2.73. The molecule has 2 aromatic carbocycles. The molecule has 31 heavy (non-hydrogen) atoms. The van der Waals surface area contributed by atoms with Crippen LogP contribution in [0.5, 0.6) is 0 Å². The Morgan fingerprint density at radius 3 is 2.48 bits per heavy atom. The molecule has 0 aliphatic heterocycles. The van der Waals surface area contributed by atoms with Crippen molar-refractivity contribution in [1.29, 1.82) is 0 Å². The predicted octanol–water partition coefficient (Wildman–Crippen LogP) is 6.18. The third-order valence-electron chi connectivity index (χ3n) is 5.50. The molecule has 0 unspecified atom stereocenters. The van der Waals surface area contributed by atoms with Crippen molar-refractivity contribution in [3.8, 4) is 0 Å². The van der Waals surface area contributed by atoms with Gasteiger partial charge in [0.05, 0.1) is 17.1 Å². The van der Waals surface area contributed by atoms with Gasteiger partial charge in [-0.25, -0.2) is 4.98 Å². The van der Waals surface area contributed by atoms with Crippen LogP contribution in [0.25, 0.3) is 21.8 Å². The third-order valence-corrected chi connectivity index (χ3v) is 6.00. The monoisotopic (exact) mass is 478 g/mol. The summed E-state index contributed by atoms with van der Waals surface area (Å²) in [4.78, 5) is 18.2. The maximum absolute atomic E-state index is 13.4. The second-order valence-electron chi connectivity index (χ2n) is 9.19. The van der Waals surface area contributed by atoms with Crippen LogP contribution >= 0.6 is 15.9 Å². The molecule has 5 nitrogen and oxygen atoms in total. The number of rotatable bonds is 3. The van der Waals surface area contributed by atoms with Crippen molar-refractivity contribution in [3.05, 3.63) is 74.4 Å². The molecule has 2 heterocycles. The number of nitrogens with zero attached hydrogens (tertiary/aromatic N) is 4. The zero-order valence-electron chi connectivity index (χ0n) is 18.8. The van der Waals surface area contributed by atoms with Gasteiger partial charge in [-0.2, -0.15) is 9.78 Å². The summed E-state index contributed by atoms with van der Waals surface area (Å²) >= 11 is 3.46. The van der Waals surface area contributed by atoms with Crippen LogP contribution in [0.15, 0.2) is 56.8 Å². The van der Waals surface area contributed by atoms with Crippen molar-refractivity contribution in [1.82, 2.24) is 14.2 Å². The van der Waals surface area contributed by atoms with Gasteiger partial charge >= 0.3 is 0 Å². The first-order valence-corrected chi connectivity index (χ1v) is 11.3. The van der Waals surface area contributed by atoms with E-state index in [0.29, 0.717) is 22.8 Å². The first kappa shape index (κ1) is 21.5. The van der Waals surface area contributed by atoms with Gasteiger partial charge in [0.1, 0.15) is 5.82 Å². The largest absolute Gasteiger partial charge is 0.342 e. The molecule has 0 N–H and O–H groups in total. The van der Waals surface area contributed by atoms with Crippen LogP contribution in [-0.2, 0) is 5.41 Å². The van der Waals surface area contributed by atoms with Crippen LogP contribution in [0.3, 0.4) is 0 Å². The molecule has 4 rings (SSSR count). The van der Waals surface area contributed by atoms with Crippen molar-refractivity contribution in [2.45, 2.75) is 53.0 Å². The lowest BCUT2D eigenvalue weighted by atomic mass is 9.95. The molecule has 0 saturated heterocycles. The Bertz CT molecular complexity index is 1390. The number of aromatic nitrogens is 3. The summed E-state index contributed by atoms with van der Waals surface area (Å²) in [5.74, 6) is 0.633. The standard InChI is InChI=1S/C25H27BrN4O/c1-15(2)29-16(3)20(18-9-7-8-10-22(18)29)14-27-30-23(31)19-13-17(26)11-12-21(19)28-24(30)25(4,5)6/h7-15H,1-6H3. The number of hydrogen-bond acceptors (Lipinski definition) is 3. The Balaban J connectivity index is 1.98. The lowest BCUT2D eigenvalue weighted by molar-refractivity contribution is 0.506. The van der Waals surface area contributed by atoms with Crippen molar-refractivity contribution < 1.29 is 0 Å². The lowest BCUT2D eigenvalue weighted by Crippen LogP contribution is -2.29. The molecule has 0 atom stereocenters. The predicted molar refractivity (Wildman–Crippen MR) is 132 cm³/mol. The van der Waals surface area contributed by atoms with Crippen molar-refractivity contribution in [3.63, 3.8) is 0 Å². The number of benzene rings is 2. The minimum Gasteiger partial charge on any atom is -0.342 e. The van der Waals surface area contributed by atoms with Crippen molar-refractivity contribution in [2.75, 3.05) is 0 Å². The Kier molecular flexibility index (Phi) is 5.38. The molecule has 0 saturated carbocycles. The quantitative estimate of drug-likeness (QED) is 0.330. The van der Waals surface area contributed by atoms with E-state index in [1.165, 1.54) is 10.2 Å². The summed E-state index contributed by atoms with van der Waals surface area (Å²) in [7, 11) is 0. The number of hydrogen-bond donors (Lipinski definition) is 0. The van der Waals surface area contributed by atoms with Gasteiger partial charge < -0.3 is 4.57 Å². The molecule has 0 spiro atoms. The molecule has 0 aliphatic carbocycles. The van der Waals surface area contributed by atoms with Crippen LogP contribution in [0, 0.1) is 6.92 Å². The lowest BCUT2D eigenvalue weighted by Gasteiger charge is -2.20. The molecule has 160 valence electrons. The number of para-hydroxylation sites is 1. The summed E-state index contributed by atoms with van der Waals surface area (Å²) in [6.45, 7) is 12.6. The first-order chi connectivity index (χ1) is 14.6. The molecule has 4 aromatic rings. The van der Waals surface area contributed by atoms with E-state index < -0.39 is 0 Å². The van der Waals surface area contributed by atoms with Gasteiger partial charge in [0.2, 0.25) is 0 Å². The summed E-state index contributed by atoms with van der Waals surface area (Å²) in [5, 5.41) is 6.36. The van der Waals surface area contributed by atoms with Crippen molar-refractivity contribution >= 4 is 44.0 Å². The zero-order chi connectivity index (χ0) is 22.5. The summed E-state index contributed by atoms with van der Waals surface area (Å²) in [5.41, 5.74) is 3.47. The molecule has 0 aliphatic rings. The number of fused-ring (bicyclic) bond motifs is 2. The summed E-state index contributed by atoms with van der Waals surface area (Å²) in [6.07, 6.45) is 1.80. The second-order valence-corrected chi connectivity index (χ2v) is 10.1. The molecular formula is C25H27BrN4O. The highest BCUT2D eigenvalue weighted by molar-refractivity contribution is 9.10. The number of halogens is 1. The zero-order valence-corrected chi connectivity index (χ0v) is 20.4. The van der Waals surface area contributed by atoms with Gasteiger partial charge in [0.25, 0.3) is 5.56 Å². The van der Waals surface area contributed by atoms with E-state index >= 15 is 0 Å². The minimum absolute atomic E-state index is 0.169.